The lowest BCUT2D eigenvalue weighted by Gasteiger charge is -2.41. The molecule has 1 rings (SSSR count). The second-order valence-electron chi connectivity index (χ2n) is 3.24. The fourth-order valence-corrected chi connectivity index (χ4v) is 1.38. The minimum absolute atomic E-state index is 0.0447. The summed E-state index contributed by atoms with van der Waals surface area (Å²) in [4.78, 5) is 12.3. The van der Waals surface area contributed by atoms with Gasteiger partial charge in [-0.25, -0.2) is 0 Å². The highest BCUT2D eigenvalue weighted by Crippen LogP contribution is 2.26. The van der Waals surface area contributed by atoms with Gasteiger partial charge in [-0.3, -0.25) is 4.79 Å². The lowest BCUT2D eigenvalue weighted by Crippen LogP contribution is -2.55. The minimum atomic E-state index is -3.20. The molecule has 1 saturated heterocycles. The van der Waals surface area contributed by atoms with Crippen LogP contribution in [0.4, 0.5) is 8.78 Å². The number of hydrogen-bond acceptors (Lipinski definition) is 1. The predicted molar refractivity (Wildman–Crippen MR) is 41.0 cm³/mol. The summed E-state index contributed by atoms with van der Waals surface area (Å²) >= 11 is 0. The molecule has 0 aromatic carbocycles. The van der Waals surface area contributed by atoms with Gasteiger partial charge in [-0.05, 0) is 12.8 Å². The molecule has 2 nitrogen and oxygen atoms in total. The SMILES string of the molecule is CCC1CCN1C(=O)C(C)(F)F. The van der Waals surface area contributed by atoms with Crippen molar-refractivity contribution in [2.24, 2.45) is 0 Å². The van der Waals surface area contributed by atoms with Crippen LogP contribution in [0.2, 0.25) is 0 Å². The van der Waals surface area contributed by atoms with Gasteiger partial charge in [0.15, 0.2) is 0 Å². The number of carbonyl (C=O) groups is 1. The van der Waals surface area contributed by atoms with Crippen LogP contribution in [0.25, 0.3) is 0 Å². The number of alkyl halides is 2. The molecule has 1 fully saturated rings. The van der Waals surface area contributed by atoms with Crippen molar-refractivity contribution >= 4 is 5.91 Å². The summed E-state index contributed by atoms with van der Waals surface area (Å²) in [6.07, 6.45) is 1.63. The lowest BCUT2D eigenvalue weighted by molar-refractivity contribution is -0.163. The van der Waals surface area contributed by atoms with E-state index in [4.69, 9.17) is 0 Å². The molecule has 1 amide bonds. The summed E-state index contributed by atoms with van der Waals surface area (Å²) in [5, 5.41) is 0. The Labute approximate surface area is 70.5 Å². The van der Waals surface area contributed by atoms with E-state index in [-0.39, 0.29) is 6.04 Å². The Bertz CT molecular complexity index is 186. The van der Waals surface area contributed by atoms with E-state index in [0.717, 1.165) is 12.8 Å². The highest BCUT2D eigenvalue weighted by molar-refractivity contribution is 5.83. The van der Waals surface area contributed by atoms with Crippen LogP contribution in [-0.2, 0) is 4.79 Å². The van der Waals surface area contributed by atoms with E-state index >= 15 is 0 Å². The van der Waals surface area contributed by atoms with Crippen molar-refractivity contribution in [3.05, 3.63) is 0 Å². The van der Waals surface area contributed by atoms with E-state index in [2.05, 4.69) is 0 Å². The Hall–Kier alpha value is -0.670. The van der Waals surface area contributed by atoms with Crippen LogP contribution in [0, 0.1) is 0 Å². The van der Waals surface area contributed by atoms with Crippen molar-refractivity contribution < 1.29 is 13.6 Å². The van der Waals surface area contributed by atoms with Gasteiger partial charge in [-0.1, -0.05) is 6.92 Å². The first kappa shape index (κ1) is 9.42. The minimum Gasteiger partial charge on any atom is -0.334 e. The van der Waals surface area contributed by atoms with Crippen molar-refractivity contribution in [2.45, 2.75) is 38.7 Å². The fraction of sp³-hybridized carbons (Fsp3) is 0.875. The average Bonchev–Trinajstić information content (AvgIpc) is 1.84. The zero-order valence-corrected chi connectivity index (χ0v) is 7.31. The third-order valence-corrected chi connectivity index (χ3v) is 2.25. The van der Waals surface area contributed by atoms with Gasteiger partial charge in [-0.15, -0.1) is 0 Å². The van der Waals surface area contributed by atoms with Crippen molar-refractivity contribution in [1.82, 2.24) is 4.90 Å². The topological polar surface area (TPSA) is 20.3 Å². The van der Waals surface area contributed by atoms with Crippen molar-refractivity contribution in [3.8, 4) is 0 Å². The average molecular weight is 177 g/mol. The summed E-state index contributed by atoms with van der Waals surface area (Å²) in [5.41, 5.74) is 0. The van der Waals surface area contributed by atoms with Gasteiger partial charge in [0.25, 0.3) is 5.91 Å². The number of hydrogen-bond donors (Lipinski definition) is 0. The number of halogens is 2. The van der Waals surface area contributed by atoms with E-state index in [1.54, 1.807) is 0 Å². The van der Waals surface area contributed by atoms with Gasteiger partial charge >= 0.3 is 5.92 Å². The fourth-order valence-electron chi connectivity index (χ4n) is 1.38. The smallest absolute Gasteiger partial charge is 0.322 e. The van der Waals surface area contributed by atoms with Crippen LogP contribution in [0.3, 0.4) is 0 Å². The molecule has 70 valence electrons. The van der Waals surface area contributed by atoms with Crippen LogP contribution in [-0.4, -0.2) is 29.3 Å². The van der Waals surface area contributed by atoms with Crippen LogP contribution in [0.5, 0.6) is 0 Å². The first-order valence-corrected chi connectivity index (χ1v) is 4.15. The molecule has 1 aliphatic heterocycles. The van der Waals surface area contributed by atoms with E-state index in [1.807, 2.05) is 6.92 Å². The van der Waals surface area contributed by atoms with Crippen LogP contribution in [0.1, 0.15) is 26.7 Å². The van der Waals surface area contributed by atoms with E-state index in [1.165, 1.54) is 4.90 Å². The third kappa shape index (κ3) is 1.57. The van der Waals surface area contributed by atoms with Gasteiger partial charge in [0, 0.05) is 19.5 Å². The Balaban J connectivity index is 2.54. The zero-order valence-electron chi connectivity index (χ0n) is 7.31. The maximum absolute atomic E-state index is 12.5. The van der Waals surface area contributed by atoms with Gasteiger partial charge in [-0.2, -0.15) is 8.78 Å². The highest BCUT2D eigenvalue weighted by Gasteiger charge is 2.42. The standard InChI is InChI=1S/C8H13F2NO/c1-3-6-4-5-11(6)7(12)8(2,9)10/h6H,3-5H2,1-2H3. The highest BCUT2D eigenvalue weighted by atomic mass is 19.3. The monoisotopic (exact) mass is 177 g/mol. The molecule has 0 aliphatic carbocycles. The molecule has 1 atom stereocenters. The number of amides is 1. The Morgan fingerprint density at radius 3 is 2.50 bits per heavy atom. The largest absolute Gasteiger partial charge is 0.334 e. The second-order valence-corrected chi connectivity index (χ2v) is 3.24. The first-order chi connectivity index (χ1) is 5.46. The first-order valence-electron chi connectivity index (χ1n) is 4.15. The maximum Gasteiger partial charge on any atom is 0.322 e. The van der Waals surface area contributed by atoms with Crippen LogP contribution in [0.15, 0.2) is 0 Å². The molecule has 0 saturated carbocycles. The molecule has 1 aliphatic rings. The maximum atomic E-state index is 12.5. The van der Waals surface area contributed by atoms with Gasteiger partial charge < -0.3 is 4.90 Å². The van der Waals surface area contributed by atoms with Gasteiger partial charge in [0.1, 0.15) is 0 Å². The molecule has 4 heteroatoms. The number of rotatable bonds is 2. The van der Waals surface area contributed by atoms with Crippen LogP contribution < -0.4 is 0 Å². The molecule has 0 aromatic heterocycles. The molecule has 12 heavy (non-hydrogen) atoms. The van der Waals surface area contributed by atoms with Crippen molar-refractivity contribution in [1.29, 1.82) is 0 Å². The molecule has 0 N–H and O–H groups in total. The lowest BCUT2D eigenvalue weighted by atomic mass is 9.99. The summed E-state index contributed by atoms with van der Waals surface area (Å²) in [6, 6.07) is 0.0447. The van der Waals surface area contributed by atoms with Gasteiger partial charge in [0.2, 0.25) is 0 Å². The summed E-state index contributed by atoms with van der Waals surface area (Å²) < 4.78 is 25.0. The second kappa shape index (κ2) is 2.99. The Morgan fingerprint density at radius 1 is 1.67 bits per heavy atom. The van der Waals surface area contributed by atoms with E-state index in [0.29, 0.717) is 13.5 Å². The van der Waals surface area contributed by atoms with Crippen molar-refractivity contribution in [3.63, 3.8) is 0 Å². The summed E-state index contributed by atoms with van der Waals surface area (Å²) in [5.74, 6) is -4.23. The van der Waals surface area contributed by atoms with Crippen LogP contribution >= 0.6 is 0 Å². The molecular weight excluding hydrogens is 164 g/mol. The van der Waals surface area contributed by atoms with E-state index < -0.39 is 11.8 Å². The summed E-state index contributed by atoms with van der Waals surface area (Å²) in [6.45, 7) is 3.04. The Kier molecular flexibility index (Phi) is 2.35. The molecule has 1 heterocycles. The molecule has 0 aromatic rings. The molecule has 0 bridgehead atoms. The number of likely N-dealkylation sites (tertiary alicyclic amines) is 1. The summed E-state index contributed by atoms with van der Waals surface area (Å²) in [7, 11) is 0. The normalized spacial score (nSPS) is 23.7. The number of nitrogens with zero attached hydrogens (tertiary/aromatic N) is 1. The van der Waals surface area contributed by atoms with E-state index in [9.17, 15) is 13.6 Å². The van der Waals surface area contributed by atoms with Gasteiger partial charge in [0.05, 0.1) is 0 Å². The molecule has 0 spiro atoms. The molecule has 1 unspecified atom stereocenters. The predicted octanol–water partition coefficient (Wildman–Crippen LogP) is 1.65. The molecular formula is C8H13F2NO. The third-order valence-electron chi connectivity index (χ3n) is 2.25. The quantitative estimate of drug-likeness (QED) is 0.628. The van der Waals surface area contributed by atoms with Crippen molar-refractivity contribution in [2.75, 3.05) is 6.54 Å². The number of carbonyl (C=O) groups excluding carboxylic acids is 1. The zero-order chi connectivity index (χ0) is 9.35. The molecule has 0 radical (unpaired) electrons. The Morgan fingerprint density at radius 2 is 2.25 bits per heavy atom.